The fourth-order valence-corrected chi connectivity index (χ4v) is 2.14. The molecule has 0 heterocycles. The van der Waals surface area contributed by atoms with Crippen molar-refractivity contribution in [2.45, 2.75) is 6.42 Å². The van der Waals surface area contributed by atoms with Crippen LogP contribution >= 0.6 is 0 Å². The standard InChI is InChI=1S/C8H8/c1-2-6-7-3-5(1)4-8(6)7/h1-3,5,7-8H,4H2. The summed E-state index contributed by atoms with van der Waals surface area (Å²) < 4.78 is 0. The zero-order chi connectivity index (χ0) is 5.14. The lowest BCUT2D eigenvalue weighted by Gasteiger charge is -2.11. The smallest absolute Gasteiger partial charge is 0.00440 e. The Morgan fingerprint density at radius 3 is 2.75 bits per heavy atom. The van der Waals surface area contributed by atoms with Gasteiger partial charge in [-0.2, -0.15) is 0 Å². The lowest BCUT2D eigenvalue weighted by atomic mass is 9.93. The Hall–Kier alpha value is -0.260. The molecule has 2 radical (unpaired) electrons. The van der Waals surface area contributed by atoms with Gasteiger partial charge in [0.15, 0.2) is 0 Å². The van der Waals surface area contributed by atoms with Crippen LogP contribution in [0.2, 0.25) is 0 Å². The highest BCUT2D eigenvalue weighted by atomic mass is 14.6. The largest absolute Gasteiger partial charge is 0.0845 e. The van der Waals surface area contributed by atoms with Crippen LogP contribution in [0.5, 0.6) is 0 Å². The quantitative estimate of drug-likeness (QED) is 0.438. The van der Waals surface area contributed by atoms with Gasteiger partial charge in [-0.05, 0) is 30.6 Å². The summed E-state index contributed by atoms with van der Waals surface area (Å²) in [6.07, 6.45) is 8.62. The van der Waals surface area contributed by atoms with E-state index in [0.717, 1.165) is 17.8 Å². The Kier molecular flexibility index (Phi) is 0.415. The molecule has 0 spiro atoms. The van der Waals surface area contributed by atoms with Gasteiger partial charge in [-0.3, -0.25) is 0 Å². The predicted octanol–water partition coefficient (Wildman–Crippen LogP) is 1.60. The highest BCUT2D eigenvalue weighted by Crippen LogP contribution is 2.64. The van der Waals surface area contributed by atoms with E-state index >= 15 is 0 Å². The molecule has 8 heavy (non-hydrogen) atoms. The molecule has 0 aliphatic heterocycles. The average Bonchev–Trinajstić information content (AvgIpc) is 2.38. The Morgan fingerprint density at radius 2 is 2.50 bits per heavy atom. The highest BCUT2D eigenvalue weighted by molar-refractivity contribution is 5.45. The van der Waals surface area contributed by atoms with Gasteiger partial charge in [-0.15, -0.1) is 0 Å². The molecule has 0 aromatic rings. The molecule has 2 saturated carbocycles. The van der Waals surface area contributed by atoms with Crippen LogP contribution in [0.15, 0.2) is 12.2 Å². The second kappa shape index (κ2) is 0.896. The number of allylic oxidation sites excluding steroid dienone is 2. The maximum atomic E-state index is 2.50. The number of hydrogen-bond donors (Lipinski definition) is 0. The molecule has 40 valence electrons. The van der Waals surface area contributed by atoms with Crippen LogP contribution in [-0.2, 0) is 0 Å². The Morgan fingerprint density at radius 1 is 1.50 bits per heavy atom. The fourth-order valence-electron chi connectivity index (χ4n) is 2.14. The van der Waals surface area contributed by atoms with Crippen molar-refractivity contribution >= 4 is 0 Å². The van der Waals surface area contributed by atoms with Gasteiger partial charge in [0.2, 0.25) is 0 Å². The summed E-state index contributed by atoms with van der Waals surface area (Å²) in [5.41, 5.74) is 0. The summed E-state index contributed by atoms with van der Waals surface area (Å²) in [5.74, 6) is 4.55. The Bertz CT molecular complexity index is 141. The Balaban J connectivity index is 2.15. The molecule has 4 aliphatic rings. The lowest BCUT2D eigenvalue weighted by Crippen LogP contribution is -2.01. The minimum Gasteiger partial charge on any atom is -0.0845 e. The molecule has 0 amide bonds. The number of rotatable bonds is 0. The van der Waals surface area contributed by atoms with E-state index in [2.05, 4.69) is 18.6 Å². The van der Waals surface area contributed by atoms with E-state index in [9.17, 15) is 0 Å². The van der Waals surface area contributed by atoms with Crippen LogP contribution in [0.4, 0.5) is 0 Å². The maximum Gasteiger partial charge on any atom is 0.00440 e. The molecule has 0 heteroatoms. The summed E-state index contributed by atoms with van der Waals surface area (Å²) in [7, 11) is 0. The fraction of sp³-hybridized carbons (Fsp3) is 0.500. The van der Waals surface area contributed by atoms with Gasteiger partial charge in [-0.1, -0.05) is 12.2 Å². The monoisotopic (exact) mass is 104 g/mol. The molecular formula is C8H8. The second-order valence-electron chi connectivity index (χ2n) is 3.08. The molecular weight excluding hydrogens is 96.1 g/mol. The molecule has 4 aliphatic carbocycles. The van der Waals surface area contributed by atoms with Gasteiger partial charge < -0.3 is 0 Å². The van der Waals surface area contributed by atoms with E-state index in [1.807, 2.05) is 0 Å². The summed E-state index contributed by atoms with van der Waals surface area (Å²) in [6, 6.07) is 0. The van der Waals surface area contributed by atoms with Gasteiger partial charge in [0.1, 0.15) is 0 Å². The van der Waals surface area contributed by atoms with Gasteiger partial charge in [0.05, 0.1) is 0 Å². The minimum atomic E-state index is 0.863. The molecule has 4 bridgehead atoms. The second-order valence-corrected chi connectivity index (χ2v) is 3.08. The van der Waals surface area contributed by atoms with Crippen molar-refractivity contribution in [1.82, 2.24) is 0 Å². The van der Waals surface area contributed by atoms with Crippen LogP contribution < -0.4 is 0 Å². The van der Waals surface area contributed by atoms with E-state index in [0.29, 0.717) is 0 Å². The van der Waals surface area contributed by atoms with E-state index in [4.69, 9.17) is 0 Å². The first-order chi connectivity index (χ1) is 3.95. The summed E-state index contributed by atoms with van der Waals surface area (Å²) >= 11 is 0. The van der Waals surface area contributed by atoms with E-state index in [1.54, 1.807) is 5.92 Å². The first kappa shape index (κ1) is 3.71. The van der Waals surface area contributed by atoms with Crippen LogP contribution in [0.25, 0.3) is 0 Å². The van der Waals surface area contributed by atoms with E-state index in [1.165, 1.54) is 6.42 Å². The molecule has 4 rings (SSSR count). The Labute approximate surface area is 49.6 Å². The van der Waals surface area contributed by atoms with Crippen LogP contribution in [-0.4, -0.2) is 0 Å². The van der Waals surface area contributed by atoms with Gasteiger partial charge >= 0.3 is 0 Å². The predicted molar refractivity (Wildman–Crippen MR) is 31.8 cm³/mol. The minimum absolute atomic E-state index is 0.863. The molecule has 3 unspecified atom stereocenters. The third-order valence-electron chi connectivity index (χ3n) is 2.65. The SMILES string of the molecule is [CH]1C2C=C[C]3C1C3C2. The van der Waals surface area contributed by atoms with Gasteiger partial charge in [0, 0.05) is 5.92 Å². The lowest BCUT2D eigenvalue weighted by molar-refractivity contribution is 0.670. The van der Waals surface area contributed by atoms with Crippen molar-refractivity contribution in [2.75, 3.05) is 0 Å². The maximum absolute atomic E-state index is 2.50. The topological polar surface area (TPSA) is 0 Å². The van der Waals surface area contributed by atoms with Crippen molar-refractivity contribution in [3.63, 3.8) is 0 Å². The van der Waals surface area contributed by atoms with Crippen molar-refractivity contribution in [3.05, 3.63) is 24.5 Å². The van der Waals surface area contributed by atoms with Crippen molar-refractivity contribution in [3.8, 4) is 0 Å². The summed E-state index contributed by atoms with van der Waals surface area (Å²) in [4.78, 5) is 0. The molecule has 3 atom stereocenters. The zero-order valence-electron chi connectivity index (χ0n) is 4.67. The van der Waals surface area contributed by atoms with Crippen molar-refractivity contribution in [2.24, 2.45) is 17.8 Å². The normalized spacial score (nSPS) is 57.2. The molecule has 0 saturated heterocycles. The molecule has 0 aromatic carbocycles. The number of hydrogen-bond acceptors (Lipinski definition) is 0. The molecule has 0 N–H and O–H groups in total. The van der Waals surface area contributed by atoms with Gasteiger partial charge in [-0.25, -0.2) is 0 Å². The highest BCUT2D eigenvalue weighted by Gasteiger charge is 2.57. The first-order valence-electron chi connectivity index (χ1n) is 3.35. The van der Waals surface area contributed by atoms with Crippen molar-refractivity contribution in [1.29, 1.82) is 0 Å². The van der Waals surface area contributed by atoms with Gasteiger partial charge in [0.25, 0.3) is 0 Å². The average molecular weight is 104 g/mol. The molecule has 2 fully saturated rings. The third-order valence-corrected chi connectivity index (χ3v) is 2.65. The molecule has 0 aromatic heterocycles. The van der Waals surface area contributed by atoms with Crippen LogP contribution in [0, 0.1) is 30.1 Å². The third kappa shape index (κ3) is 0.249. The van der Waals surface area contributed by atoms with Crippen molar-refractivity contribution < 1.29 is 0 Å². The zero-order valence-corrected chi connectivity index (χ0v) is 4.67. The summed E-state index contributed by atoms with van der Waals surface area (Å²) in [5, 5.41) is 0. The molecule has 0 nitrogen and oxygen atoms in total. The van der Waals surface area contributed by atoms with E-state index in [-0.39, 0.29) is 0 Å². The van der Waals surface area contributed by atoms with Crippen LogP contribution in [0.1, 0.15) is 6.42 Å². The van der Waals surface area contributed by atoms with E-state index < -0.39 is 0 Å². The summed E-state index contributed by atoms with van der Waals surface area (Å²) in [6.45, 7) is 0. The first-order valence-corrected chi connectivity index (χ1v) is 3.35. The van der Waals surface area contributed by atoms with Crippen LogP contribution in [0.3, 0.4) is 0 Å².